The Hall–Kier alpha value is -4.36. The van der Waals surface area contributed by atoms with E-state index in [1.807, 2.05) is 6.07 Å². The van der Waals surface area contributed by atoms with E-state index >= 15 is 0 Å². The van der Waals surface area contributed by atoms with E-state index in [4.69, 9.17) is 9.47 Å². The number of hydrogen-bond donors (Lipinski definition) is 0. The lowest BCUT2D eigenvalue weighted by Gasteiger charge is -2.11. The summed E-state index contributed by atoms with van der Waals surface area (Å²) in [7, 11) is -3.39. The number of nitrogens with zero attached hydrogens (tertiary/aromatic N) is 3. The van der Waals surface area contributed by atoms with E-state index in [-0.39, 0.29) is 22.1 Å². The highest BCUT2D eigenvalue weighted by Gasteiger charge is 2.12. The summed E-state index contributed by atoms with van der Waals surface area (Å²) in [4.78, 5) is 8.07. The lowest BCUT2D eigenvalue weighted by molar-refractivity contribution is 0.454. The highest BCUT2D eigenvalue weighted by Crippen LogP contribution is 2.31. The van der Waals surface area contributed by atoms with Crippen molar-refractivity contribution in [2.75, 3.05) is 6.26 Å². The van der Waals surface area contributed by atoms with Crippen molar-refractivity contribution in [3.05, 3.63) is 90.4 Å². The van der Waals surface area contributed by atoms with Crippen LogP contribution in [0.2, 0.25) is 0 Å². The van der Waals surface area contributed by atoms with Crippen LogP contribution < -0.4 is 9.47 Å². The Balaban J connectivity index is 1.54. The van der Waals surface area contributed by atoms with Crippen LogP contribution in [0.3, 0.4) is 0 Å². The first-order valence-corrected chi connectivity index (χ1v) is 11.6. The topological polar surface area (TPSA) is 102 Å². The summed E-state index contributed by atoms with van der Waals surface area (Å²) in [5, 5.41) is 9.52. The molecule has 10 heteroatoms. The molecule has 0 aliphatic carbocycles. The van der Waals surface area contributed by atoms with Gasteiger partial charge in [-0.2, -0.15) is 5.26 Å². The molecule has 170 valence electrons. The minimum absolute atomic E-state index is 0.0447. The maximum Gasteiger partial charge on any atom is 0.219 e. The summed E-state index contributed by atoms with van der Waals surface area (Å²) in [5.41, 5.74) is 1.09. The van der Waals surface area contributed by atoms with Crippen molar-refractivity contribution in [1.29, 1.82) is 5.26 Å². The number of rotatable bonds is 6. The normalized spacial score (nSPS) is 11.0. The number of pyridine rings is 2. The van der Waals surface area contributed by atoms with Gasteiger partial charge in [-0.25, -0.2) is 22.2 Å². The number of hydrogen-bond acceptors (Lipinski definition) is 7. The molecule has 0 amide bonds. The number of sulfone groups is 1. The van der Waals surface area contributed by atoms with Crippen LogP contribution in [0.15, 0.2) is 78.1 Å². The number of benzene rings is 2. The van der Waals surface area contributed by atoms with Crippen LogP contribution in [0.25, 0.3) is 11.1 Å². The Bertz CT molecular complexity index is 1520. The zero-order valence-electron chi connectivity index (χ0n) is 17.6. The molecule has 0 unspecified atom stereocenters. The number of ether oxygens (including phenoxy) is 2. The van der Waals surface area contributed by atoms with E-state index in [0.717, 1.165) is 18.4 Å². The van der Waals surface area contributed by atoms with Gasteiger partial charge in [0.15, 0.2) is 21.5 Å². The maximum absolute atomic E-state index is 13.6. The molecule has 0 atom stereocenters. The monoisotopic (exact) mass is 479 g/mol. The Morgan fingerprint density at radius 3 is 2.35 bits per heavy atom. The van der Waals surface area contributed by atoms with Gasteiger partial charge >= 0.3 is 0 Å². The van der Waals surface area contributed by atoms with Crippen LogP contribution >= 0.6 is 0 Å². The quantitative estimate of drug-likeness (QED) is 0.371. The van der Waals surface area contributed by atoms with Gasteiger partial charge in [-0.1, -0.05) is 6.07 Å². The van der Waals surface area contributed by atoms with E-state index < -0.39 is 21.5 Å². The molecule has 2 heterocycles. The second-order valence-electron chi connectivity index (χ2n) is 7.12. The maximum atomic E-state index is 13.6. The standard InChI is InChI=1S/C24H15F2N3O4S/c1-34(30,31)20-4-7-24(29-14-20)33-23-6-3-18(8-16(23)11-27)32-19-9-17(12-28-13-19)15-2-5-21(25)22(26)10-15/h2-10,12-14H,1H3. The molecular weight excluding hydrogens is 464 g/mol. The van der Waals surface area contributed by atoms with Gasteiger partial charge in [0.05, 0.1) is 16.7 Å². The van der Waals surface area contributed by atoms with E-state index in [1.54, 1.807) is 12.1 Å². The van der Waals surface area contributed by atoms with Crippen molar-refractivity contribution >= 4 is 9.84 Å². The average molecular weight is 479 g/mol. The van der Waals surface area contributed by atoms with Gasteiger partial charge in [-0.05, 0) is 42.0 Å². The first-order valence-electron chi connectivity index (χ1n) is 9.69. The van der Waals surface area contributed by atoms with Crippen molar-refractivity contribution in [3.63, 3.8) is 0 Å². The van der Waals surface area contributed by atoms with Crippen molar-refractivity contribution in [2.45, 2.75) is 4.90 Å². The molecule has 4 aromatic rings. The second-order valence-corrected chi connectivity index (χ2v) is 9.13. The van der Waals surface area contributed by atoms with E-state index in [2.05, 4.69) is 9.97 Å². The smallest absolute Gasteiger partial charge is 0.219 e. The fourth-order valence-corrected chi connectivity index (χ4v) is 3.51. The lowest BCUT2D eigenvalue weighted by atomic mass is 10.1. The van der Waals surface area contributed by atoms with Crippen molar-refractivity contribution < 1.29 is 26.7 Å². The van der Waals surface area contributed by atoms with E-state index in [1.165, 1.54) is 48.9 Å². The highest BCUT2D eigenvalue weighted by atomic mass is 32.2. The molecule has 0 N–H and O–H groups in total. The zero-order chi connectivity index (χ0) is 24.3. The fourth-order valence-electron chi connectivity index (χ4n) is 2.95. The third-order valence-electron chi connectivity index (χ3n) is 4.63. The van der Waals surface area contributed by atoms with Crippen LogP contribution in [0.4, 0.5) is 8.78 Å². The predicted octanol–water partition coefficient (Wildman–Crippen LogP) is 5.28. The fraction of sp³-hybridized carbons (Fsp3) is 0.0417. The minimum atomic E-state index is -3.39. The van der Waals surface area contributed by atoms with E-state index in [9.17, 15) is 22.5 Å². The molecule has 34 heavy (non-hydrogen) atoms. The van der Waals surface area contributed by atoms with Gasteiger partial charge in [0.25, 0.3) is 0 Å². The predicted molar refractivity (Wildman–Crippen MR) is 118 cm³/mol. The third-order valence-corrected chi connectivity index (χ3v) is 5.72. The summed E-state index contributed by atoms with van der Waals surface area (Å²) >= 11 is 0. The third kappa shape index (κ3) is 5.16. The van der Waals surface area contributed by atoms with Crippen molar-refractivity contribution in [1.82, 2.24) is 9.97 Å². The SMILES string of the molecule is CS(=O)(=O)c1ccc(Oc2ccc(Oc3cncc(-c4ccc(F)c(F)c4)c3)cc2C#N)nc1. The van der Waals surface area contributed by atoms with Crippen molar-refractivity contribution in [3.8, 4) is 40.3 Å². The summed E-state index contributed by atoms with van der Waals surface area (Å²) < 4.78 is 61.2. The second kappa shape index (κ2) is 9.25. The molecule has 2 aromatic carbocycles. The van der Waals surface area contributed by atoms with Crippen LogP contribution in [0.1, 0.15) is 5.56 Å². The Morgan fingerprint density at radius 1 is 0.853 bits per heavy atom. The summed E-state index contributed by atoms with van der Waals surface area (Å²) in [6.45, 7) is 0. The molecule has 0 aliphatic rings. The van der Waals surface area contributed by atoms with Gasteiger partial charge in [0.2, 0.25) is 5.88 Å². The summed E-state index contributed by atoms with van der Waals surface area (Å²) in [5.74, 6) is -0.981. The van der Waals surface area contributed by atoms with Crippen molar-refractivity contribution in [2.24, 2.45) is 0 Å². The largest absolute Gasteiger partial charge is 0.456 e. The molecule has 2 aromatic heterocycles. The molecule has 0 fully saturated rings. The zero-order valence-corrected chi connectivity index (χ0v) is 18.4. The van der Waals surface area contributed by atoms with Crippen LogP contribution in [0, 0.1) is 23.0 Å². The van der Waals surface area contributed by atoms with Gasteiger partial charge in [0, 0.05) is 36.3 Å². The summed E-state index contributed by atoms with van der Waals surface area (Å²) in [6.07, 6.45) is 5.16. The molecular formula is C24H15F2N3O4S. The highest BCUT2D eigenvalue weighted by molar-refractivity contribution is 7.90. The Labute approximate surface area is 193 Å². The lowest BCUT2D eigenvalue weighted by Crippen LogP contribution is -1.98. The van der Waals surface area contributed by atoms with Gasteiger partial charge < -0.3 is 9.47 Å². The van der Waals surface area contributed by atoms with Gasteiger partial charge in [-0.15, -0.1) is 0 Å². The van der Waals surface area contributed by atoms with E-state index in [0.29, 0.717) is 22.6 Å². The molecule has 4 rings (SSSR count). The van der Waals surface area contributed by atoms with Crippen LogP contribution in [-0.2, 0) is 9.84 Å². The molecule has 0 radical (unpaired) electrons. The minimum Gasteiger partial charge on any atom is -0.456 e. The van der Waals surface area contributed by atoms with Crippen LogP contribution in [0.5, 0.6) is 23.1 Å². The van der Waals surface area contributed by atoms with Gasteiger partial charge in [0.1, 0.15) is 23.3 Å². The molecule has 0 saturated carbocycles. The first-order chi connectivity index (χ1) is 16.2. The molecule has 0 spiro atoms. The summed E-state index contributed by atoms with van der Waals surface area (Å²) in [6, 6.07) is 14.4. The molecule has 0 bridgehead atoms. The average Bonchev–Trinajstić information content (AvgIpc) is 2.82. The number of halogens is 2. The first kappa shape index (κ1) is 22.8. The molecule has 0 aliphatic heterocycles. The Kier molecular flexibility index (Phi) is 6.21. The van der Waals surface area contributed by atoms with Gasteiger partial charge in [-0.3, -0.25) is 4.98 Å². The molecule has 0 saturated heterocycles. The molecule has 7 nitrogen and oxygen atoms in total. The Morgan fingerprint density at radius 2 is 1.68 bits per heavy atom. The number of aromatic nitrogens is 2. The van der Waals surface area contributed by atoms with Crippen LogP contribution in [-0.4, -0.2) is 24.6 Å². The number of nitriles is 1.